The Hall–Kier alpha value is -2.17. The van der Waals surface area contributed by atoms with Crippen LogP contribution in [0.5, 0.6) is 0 Å². The molecule has 0 aliphatic carbocycles. The SMILES string of the molecule is CCn1ncc(-c2ccc(C(=O)O)cc2F)c1C. The quantitative estimate of drug-likeness (QED) is 0.908. The van der Waals surface area contributed by atoms with E-state index in [-0.39, 0.29) is 5.56 Å². The Morgan fingerprint density at radius 1 is 1.44 bits per heavy atom. The Labute approximate surface area is 104 Å². The molecule has 0 aliphatic rings. The Morgan fingerprint density at radius 2 is 2.17 bits per heavy atom. The summed E-state index contributed by atoms with van der Waals surface area (Å²) in [6, 6.07) is 3.90. The molecule has 2 aromatic rings. The summed E-state index contributed by atoms with van der Waals surface area (Å²) >= 11 is 0. The molecule has 5 heteroatoms. The smallest absolute Gasteiger partial charge is 0.335 e. The zero-order valence-corrected chi connectivity index (χ0v) is 10.1. The number of carboxylic acids is 1. The van der Waals surface area contributed by atoms with Crippen LogP contribution in [0.15, 0.2) is 24.4 Å². The first-order chi connectivity index (χ1) is 8.54. The zero-order chi connectivity index (χ0) is 13.3. The van der Waals surface area contributed by atoms with E-state index in [2.05, 4.69) is 5.10 Å². The van der Waals surface area contributed by atoms with Crippen molar-refractivity contribution in [2.45, 2.75) is 20.4 Å². The molecule has 0 radical (unpaired) electrons. The summed E-state index contributed by atoms with van der Waals surface area (Å²) in [4.78, 5) is 10.7. The van der Waals surface area contributed by atoms with Crippen LogP contribution >= 0.6 is 0 Å². The van der Waals surface area contributed by atoms with Gasteiger partial charge in [-0.1, -0.05) is 6.07 Å². The first-order valence-corrected chi connectivity index (χ1v) is 5.60. The number of nitrogens with zero attached hydrogens (tertiary/aromatic N) is 2. The molecule has 0 unspecified atom stereocenters. The third-order valence-corrected chi connectivity index (χ3v) is 2.91. The summed E-state index contributed by atoms with van der Waals surface area (Å²) in [5.74, 6) is -1.69. The first-order valence-electron chi connectivity index (χ1n) is 5.60. The minimum Gasteiger partial charge on any atom is -0.478 e. The van der Waals surface area contributed by atoms with E-state index in [1.54, 1.807) is 10.9 Å². The van der Waals surface area contributed by atoms with Gasteiger partial charge in [-0.15, -0.1) is 0 Å². The van der Waals surface area contributed by atoms with Crippen molar-refractivity contribution in [2.75, 3.05) is 0 Å². The molecule has 1 heterocycles. The highest BCUT2D eigenvalue weighted by atomic mass is 19.1. The summed E-state index contributed by atoms with van der Waals surface area (Å²) in [5, 5.41) is 12.9. The minimum absolute atomic E-state index is 0.0585. The molecule has 1 aromatic heterocycles. The maximum atomic E-state index is 13.9. The van der Waals surface area contributed by atoms with Crippen molar-refractivity contribution < 1.29 is 14.3 Å². The molecule has 4 nitrogen and oxygen atoms in total. The topological polar surface area (TPSA) is 55.1 Å². The number of halogens is 1. The van der Waals surface area contributed by atoms with E-state index >= 15 is 0 Å². The van der Waals surface area contributed by atoms with Crippen molar-refractivity contribution >= 4 is 5.97 Å². The van der Waals surface area contributed by atoms with Crippen LogP contribution in [0.1, 0.15) is 23.0 Å². The predicted octanol–water partition coefficient (Wildman–Crippen LogP) is 2.72. The van der Waals surface area contributed by atoms with Gasteiger partial charge in [0.05, 0.1) is 11.8 Å². The van der Waals surface area contributed by atoms with Gasteiger partial charge in [0, 0.05) is 23.4 Å². The number of benzene rings is 1. The van der Waals surface area contributed by atoms with Crippen LogP contribution in [0, 0.1) is 12.7 Å². The average molecular weight is 248 g/mol. The van der Waals surface area contributed by atoms with Crippen LogP contribution in [-0.4, -0.2) is 20.9 Å². The van der Waals surface area contributed by atoms with E-state index < -0.39 is 11.8 Å². The molecule has 0 saturated heterocycles. The lowest BCUT2D eigenvalue weighted by atomic mass is 10.0. The van der Waals surface area contributed by atoms with Crippen LogP contribution in [-0.2, 0) is 6.54 Å². The number of hydrogen-bond donors (Lipinski definition) is 1. The molecule has 0 amide bonds. The third kappa shape index (κ3) is 1.99. The Balaban J connectivity index is 2.51. The molecule has 1 N–H and O–H groups in total. The standard InChI is InChI=1S/C13H13FN2O2/c1-3-16-8(2)11(7-15-16)10-5-4-9(13(17)18)6-12(10)14/h4-7H,3H2,1-2H3,(H,17,18). The maximum absolute atomic E-state index is 13.9. The van der Waals surface area contributed by atoms with Gasteiger partial charge >= 0.3 is 5.97 Å². The van der Waals surface area contributed by atoms with Crippen LogP contribution in [0.3, 0.4) is 0 Å². The van der Waals surface area contributed by atoms with Crippen molar-refractivity contribution in [3.05, 3.63) is 41.5 Å². The molecular formula is C13H13FN2O2. The van der Waals surface area contributed by atoms with Gasteiger partial charge in [0.2, 0.25) is 0 Å². The van der Waals surface area contributed by atoms with Gasteiger partial charge in [0.25, 0.3) is 0 Å². The van der Waals surface area contributed by atoms with E-state index in [9.17, 15) is 9.18 Å². The van der Waals surface area contributed by atoms with E-state index in [0.717, 1.165) is 11.8 Å². The largest absolute Gasteiger partial charge is 0.478 e. The number of carboxylic acid groups (broad SMARTS) is 1. The second kappa shape index (κ2) is 4.60. The van der Waals surface area contributed by atoms with E-state index in [1.807, 2.05) is 13.8 Å². The number of carbonyl (C=O) groups is 1. The Morgan fingerprint density at radius 3 is 2.67 bits per heavy atom. The molecular weight excluding hydrogens is 235 g/mol. The second-order valence-corrected chi connectivity index (χ2v) is 3.96. The minimum atomic E-state index is -1.14. The van der Waals surface area contributed by atoms with Gasteiger partial charge in [0.1, 0.15) is 5.82 Å². The van der Waals surface area contributed by atoms with Crippen molar-refractivity contribution in [2.24, 2.45) is 0 Å². The van der Waals surface area contributed by atoms with Gasteiger partial charge in [-0.3, -0.25) is 4.68 Å². The number of aryl methyl sites for hydroxylation is 1. The highest BCUT2D eigenvalue weighted by Gasteiger charge is 2.14. The van der Waals surface area contributed by atoms with Crippen molar-refractivity contribution in [1.82, 2.24) is 9.78 Å². The van der Waals surface area contributed by atoms with Crippen molar-refractivity contribution in [3.8, 4) is 11.1 Å². The summed E-state index contributed by atoms with van der Waals surface area (Å²) in [7, 11) is 0. The van der Waals surface area contributed by atoms with E-state index in [1.165, 1.54) is 12.1 Å². The van der Waals surface area contributed by atoms with E-state index in [0.29, 0.717) is 17.7 Å². The fourth-order valence-corrected chi connectivity index (χ4v) is 1.90. The lowest BCUT2D eigenvalue weighted by Gasteiger charge is -2.05. The summed E-state index contributed by atoms with van der Waals surface area (Å²) < 4.78 is 15.7. The fourth-order valence-electron chi connectivity index (χ4n) is 1.90. The number of hydrogen-bond acceptors (Lipinski definition) is 2. The van der Waals surface area contributed by atoms with Gasteiger partial charge in [0.15, 0.2) is 0 Å². The number of aromatic nitrogens is 2. The first kappa shape index (κ1) is 12.3. The summed E-state index contributed by atoms with van der Waals surface area (Å²) in [6.45, 7) is 4.52. The van der Waals surface area contributed by atoms with Crippen LogP contribution in [0.2, 0.25) is 0 Å². The van der Waals surface area contributed by atoms with Crippen LogP contribution < -0.4 is 0 Å². The summed E-state index contributed by atoms with van der Waals surface area (Å²) in [5.41, 5.74) is 1.86. The molecule has 0 spiro atoms. The van der Waals surface area contributed by atoms with Crippen molar-refractivity contribution in [1.29, 1.82) is 0 Å². The monoisotopic (exact) mass is 248 g/mol. The van der Waals surface area contributed by atoms with Crippen LogP contribution in [0.4, 0.5) is 4.39 Å². The lowest BCUT2D eigenvalue weighted by molar-refractivity contribution is 0.0696. The van der Waals surface area contributed by atoms with Crippen molar-refractivity contribution in [3.63, 3.8) is 0 Å². The van der Waals surface area contributed by atoms with Gasteiger partial charge in [-0.25, -0.2) is 9.18 Å². The van der Waals surface area contributed by atoms with E-state index in [4.69, 9.17) is 5.11 Å². The molecule has 0 atom stereocenters. The third-order valence-electron chi connectivity index (χ3n) is 2.91. The highest BCUT2D eigenvalue weighted by molar-refractivity contribution is 5.88. The van der Waals surface area contributed by atoms with Gasteiger partial charge in [-0.2, -0.15) is 5.10 Å². The highest BCUT2D eigenvalue weighted by Crippen LogP contribution is 2.26. The summed E-state index contributed by atoms with van der Waals surface area (Å²) in [6.07, 6.45) is 1.59. The molecule has 0 fully saturated rings. The average Bonchev–Trinajstić information content (AvgIpc) is 2.70. The zero-order valence-electron chi connectivity index (χ0n) is 10.1. The van der Waals surface area contributed by atoms with Gasteiger partial charge in [-0.05, 0) is 26.0 Å². The Bertz CT molecular complexity index is 605. The van der Waals surface area contributed by atoms with Crippen LogP contribution in [0.25, 0.3) is 11.1 Å². The second-order valence-electron chi connectivity index (χ2n) is 3.96. The molecule has 94 valence electrons. The Kier molecular flexibility index (Phi) is 3.14. The normalized spacial score (nSPS) is 10.6. The molecule has 18 heavy (non-hydrogen) atoms. The molecule has 2 rings (SSSR count). The lowest BCUT2D eigenvalue weighted by Crippen LogP contribution is -2.00. The molecule has 1 aromatic carbocycles. The number of rotatable bonds is 3. The number of aromatic carboxylic acids is 1. The van der Waals surface area contributed by atoms with Gasteiger partial charge < -0.3 is 5.11 Å². The molecule has 0 saturated carbocycles. The molecule has 0 bridgehead atoms. The predicted molar refractivity (Wildman–Crippen MR) is 65.0 cm³/mol. The fraction of sp³-hybridized carbons (Fsp3) is 0.231. The molecule has 0 aliphatic heterocycles. The maximum Gasteiger partial charge on any atom is 0.335 e.